The summed E-state index contributed by atoms with van der Waals surface area (Å²) in [6, 6.07) is 5.14. The van der Waals surface area contributed by atoms with Gasteiger partial charge in [-0.25, -0.2) is 0 Å². The number of carbonyl (C=O) groups is 2. The molecule has 0 atom stereocenters. The van der Waals surface area contributed by atoms with E-state index in [1.165, 1.54) is 7.11 Å². The fourth-order valence-corrected chi connectivity index (χ4v) is 2.83. The predicted molar refractivity (Wildman–Crippen MR) is 90.8 cm³/mol. The average Bonchev–Trinajstić information content (AvgIpc) is 3.00. The summed E-state index contributed by atoms with van der Waals surface area (Å²) >= 11 is 6.05. The number of hydrogen-bond donors (Lipinski definition) is 2. The number of hydrogen-bond acceptors (Lipinski definition) is 3. The van der Waals surface area contributed by atoms with Crippen molar-refractivity contribution in [3.63, 3.8) is 0 Å². The molecule has 2 rings (SSSR count). The molecule has 1 saturated carbocycles. The lowest BCUT2D eigenvalue weighted by molar-refractivity contribution is -0.138. The van der Waals surface area contributed by atoms with Crippen LogP contribution >= 0.6 is 11.6 Å². The Kier molecular flexibility index (Phi) is 5.52. The van der Waals surface area contributed by atoms with Gasteiger partial charge in [0.15, 0.2) is 0 Å². The molecule has 1 aromatic rings. The molecule has 0 bridgehead atoms. The smallest absolute Gasteiger partial charge is 0.239 e. The Hall–Kier alpha value is -1.75. The summed E-state index contributed by atoms with van der Waals surface area (Å²) in [6.07, 6.45) is 4.22. The fraction of sp³-hybridized carbons (Fsp3) is 0.529. The van der Waals surface area contributed by atoms with Crippen molar-refractivity contribution in [2.75, 3.05) is 12.4 Å². The molecule has 5 nitrogen and oxygen atoms in total. The van der Waals surface area contributed by atoms with E-state index in [1.807, 2.05) is 0 Å². The van der Waals surface area contributed by atoms with Gasteiger partial charge in [-0.2, -0.15) is 0 Å². The first-order chi connectivity index (χ1) is 10.8. The molecule has 23 heavy (non-hydrogen) atoms. The summed E-state index contributed by atoms with van der Waals surface area (Å²) in [5, 5.41) is 6.11. The van der Waals surface area contributed by atoms with Crippen LogP contribution in [0.3, 0.4) is 0 Å². The van der Waals surface area contributed by atoms with Crippen molar-refractivity contribution < 1.29 is 14.3 Å². The van der Waals surface area contributed by atoms with E-state index in [2.05, 4.69) is 10.6 Å². The molecule has 1 aromatic carbocycles. The lowest BCUT2D eigenvalue weighted by Crippen LogP contribution is -2.47. The molecule has 0 aliphatic heterocycles. The van der Waals surface area contributed by atoms with E-state index in [0.717, 1.165) is 25.7 Å². The highest BCUT2D eigenvalue weighted by Crippen LogP contribution is 2.28. The molecule has 0 radical (unpaired) electrons. The first-order valence-electron chi connectivity index (χ1n) is 7.80. The first-order valence-corrected chi connectivity index (χ1v) is 8.18. The molecule has 1 aliphatic carbocycles. The van der Waals surface area contributed by atoms with Gasteiger partial charge in [0.2, 0.25) is 11.8 Å². The summed E-state index contributed by atoms with van der Waals surface area (Å²) in [4.78, 5) is 24.9. The van der Waals surface area contributed by atoms with E-state index in [4.69, 9.17) is 16.3 Å². The Morgan fingerprint density at radius 2 is 1.87 bits per heavy atom. The molecule has 0 saturated heterocycles. The molecule has 0 aromatic heterocycles. The summed E-state index contributed by atoms with van der Waals surface area (Å²) in [5.74, 6) is -0.0846. The van der Waals surface area contributed by atoms with Crippen LogP contribution in [0.25, 0.3) is 0 Å². The van der Waals surface area contributed by atoms with Gasteiger partial charge in [0.25, 0.3) is 0 Å². The van der Waals surface area contributed by atoms with Gasteiger partial charge >= 0.3 is 0 Å². The van der Waals surface area contributed by atoms with E-state index in [-0.39, 0.29) is 17.9 Å². The maximum Gasteiger partial charge on any atom is 0.239 e. The van der Waals surface area contributed by atoms with Crippen LogP contribution in [-0.2, 0) is 9.59 Å². The van der Waals surface area contributed by atoms with Crippen molar-refractivity contribution in [2.24, 2.45) is 5.41 Å². The molecule has 1 fully saturated rings. The molecule has 0 spiro atoms. The third-order valence-corrected chi connectivity index (χ3v) is 4.53. The van der Waals surface area contributed by atoms with Crippen molar-refractivity contribution in [1.82, 2.24) is 5.32 Å². The second-order valence-corrected chi connectivity index (χ2v) is 6.79. The summed E-state index contributed by atoms with van der Waals surface area (Å²) in [7, 11) is 1.52. The molecule has 2 N–H and O–H groups in total. The Balaban J connectivity index is 2.02. The van der Waals surface area contributed by atoms with Crippen molar-refractivity contribution in [3.8, 4) is 5.75 Å². The van der Waals surface area contributed by atoms with E-state index in [0.29, 0.717) is 16.5 Å². The number of ether oxygens (including phenoxy) is 1. The zero-order valence-corrected chi connectivity index (χ0v) is 14.5. The normalized spacial score (nSPS) is 15.3. The number of benzene rings is 1. The highest BCUT2D eigenvalue weighted by atomic mass is 35.5. The average molecular weight is 339 g/mol. The first kappa shape index (κ1) is 17.6. The number of amides is 2. The lowest BCUT2D eigenvalue weighted by atomic mass is 9.90. The zero-order chi connectivity index (χ0) is 17.0. The van der Waals surface area contributed by atoms with Crippen molar-refractivity contribution in [3.05, 3.63) is 23.2 Å². The summed E-state index contributed by atoms with van der Waals surface area (Å²) in [6.45, 7) is 3.25. The second-order valence-electron chi connectivity index (χ2n) is 6.38. The van der Waals surface area contributed by atoms with Crippen molar-refractivity contribution in [2.45, 2.75) is 45.6 Å². The molecular weight excluding hydrogens is 316 g/mol. The van der Waals surface area contributed by atoms with Gasteiger partial charge in [-0.05, 0) is 44.9 Å². The van der Waals surface area contributed by atoms with Crippen LogP contribution in [0.15, 0.2) is 18.2 Å². The van der Waals surface area contributed by atoms with Gasteiger partial charge in [-0.1, -0.05) is 24.4 Å². The van der Waals surface area contributed by atoms with Crippen LogP contribution in [0.4, 0.5) is 5.69 Å². The Bertz CT molecular complexity index is 596. The lowest BCUT2D eigenvalue weighted by Gasteiger charge is -2.25. The highest BCUT2D eigenvalue weighted by Gasteiger charge is 2.37. The van der Waals surface area contributed by atoms with E-state index >= 15 is 0 Å². The van der Waals surface area contributed by atoms with Gasteiger partial charge in [0.05, 0.1) is 12.1 Å². The molecule has 1 aliphatic rings. The number of carbonyl (C=O) groups excluding carboxylic acids is 2. The van der Waals surface area contributed by atoms with Crippen molar-refractivity contribution in [1.29, 1.82) is 0 Å². The number of halogens is 1. The molecular formula is C17H23ClN2O3. The van der Waals surface area contributed by atoms with E-state index < -0.39 is 5.41 Å². The zero-order valence-electron chi connectivity index (χ0n) is 13.7. The Morgan fingerprint density at radius 3 is 2.43 bits per heavy atom. The largest absolute Gasteiger partial charge is 0.495 e. The van der Waals surface area contributed by atoms with Crippen LogP contribution in [0.2, 0.25) is 5.02 Å². The maximum absolute atomic E-state index is 12.5. The van der Waals surface area contributed by atoms with Gasteiger partial charge in [-0.15, -0.1) is 0 Å². The molecule has 0 heterocycles. The van der Waals surface area contributed by atoms with Crippen LogP contribution in [0.5, 0.6) is 5.75 Å². The molecule has 2 amide bonds. The van der Waals surface area contributed by atoms with Gasteiger partial charge < -0.3 is 15.4 Å². The second kappa shape index (κ2) is 7.21. The minimum atomic E-state index is -1.16. The Morgan fingerprint density at radius 1 is 1.22 bits per heavy atom. The van der Waals surface area contributed by atoms with E-state index in [1.54, 1.807) is 32.0 Å². The van der Waals surface area contributed by atoms with E-state index in [9.17, 15) is 9.59 Å². The highest BCUT2D eigenvalue weighted by molar-refractivity contribution is 6.32. The van der Waals surface area contributed by atoms with Gasteiger partial charge in [0.1, 0.15) is 11.2 Å². The molecule has 126 valence electrons. The van der Waals surface area contributed by atoms with Crippen LogP contribution in [-0.4, -0.2) is 25.0 Å². The third-order valence-electron chi connectivity index (χ3n) is 4.24. The minimum Gasteiger partial charge on any atom is -0.495 e. The molecule has 0 unspecified atom stereocenters. The quantitative estimate of drug-likeness (QED) is 0.809. The topological polar surface area (TPSA) is 67.4 Å². The van der Waals surface area contributed by atoms with Crippen LogP contribution in [0.1, 0.15) is 39.5 Å². The number of nitrogens with one attached hydrogen (secondary N) is 2. The molecule has 6 heteroatoms. The standard InChI is InChI=1S/C17H23ClN2O3/c1-17(2,15(21)19-11-6-4-5-7-11)16(22)20-12-8-9-14(23-3)13(18)10-12/h8-11H,4-7H2,1-3H3,(H,19,21)(H,20,22). The van der Waals surface area contributed by atoms with Crippen LogP contribution < -0.4 is 15.4 Å². The monoisotopic (exact) mass is 338 g/mol. The Labute approximate surface area is 141 Å². The summed E-state index contributed by atoms with van der Waals surface area (Å²) in [5.41, 5.74) is -0.628. The maximum atomic E-state index is 12.5. The number of anilines is 1. The minimum absolute atomic E-state index is 0.185. The van der Waals surface area contributed by atoms with Crippen molar-refractivity contribution >= 4 is 29.1 Å². The fourth-order valence-electron chi connectivity index (χ4n) is 2.57. The predicted octanol–water partition coefficient (Wildman–Crippen LogP) is 3.37. The van der Waals surface area contributed by atoms with Gasteiger partial charge in [-0.3, -0.25) is 9.59 Å². The number of rotatable bonds is 5. The third kappa shape index (κ3) is 4.16. The SMILES string of the molecule is COc1ccc(NC(=O)C(C)(C)C(=O)NC2CCCC2)cc1Cl. The van der Waals surface area contributed by atoms with Gasteiger partial charge in [0, 0.05) is 11.7 Å². The number of methoxy groups -OCH3 is 1. The van der Waals surface area contributed by atoms with Crippen LogP contribution in [0, 0.1) is 5.41 Å². The summed E-state index contributed by atoms with van der Waals surface area (Å²) < 4.78 is 5.08.